The molecule has 0 spiro atoms. The molecule has 5 heteroatoms. The van der Waals surface area contributed by atoms with Gasteiger partial charge in [-0.3, -0.25) is 4.79 Å². The van der Waals surface area contributed by atoms with Gasteiger partial charge in [-0.1, -0.05) is 13.8 Å². The highest BCUT2D eigenvalue weighted by Crippen LogP contribution is 2.15. The van der Waals surface area contributed by atoms with Gasteiger partial charge in [0, 0.05) is 12.3 Å². The number of amides is 1. The minimum atomic E-state index is -0.0526. The van der Waals surface area contributed by atoms with Crippen molar-refractivity contribution < 1.29 is 14.3 Å². The summed E-state index contributed by atoms with van der Waals surface area (Å²) in [7, 11) is 0. The second-order valence-corrected chi connectivity index (χ2v) is 5.21. The lowest BCUT2D eigenvalue weighted by Crippen LogP contribution is -2.15. The number of hydrogen-bond donors (Lipinski definition) is 1. The maximum atomic E-state index is 11.7. The standard InChI is InChI=1S/C15H22ClNO3/c1-12(2)11-19-9-7-15(18)17-13-3-5-14(6-4-13)20-10-8-16/h3-6,12H,7-11H2,1-2H3,(H,17,18). The molecule has 0 heterocycles. The van der Waals surface area contributed by atoms with Crippen LogP contribution in [0.1, 0.15) is 20.3 Å². The Morgan fingerprint density at radius 1 is 1.25 bits per heavy atom. The molecule has 1 N–H and O–H groups in total. The summed E-state index contributed by atoms with van der Waals surface area (Å²) in [4.78, 5) is 11.7. The van der Waals surface area contributed by atoms with Crippen molar-refractivity contribution in [3.63, 3.8) is 0 Å². The summed E-state index contributed by atoms with van der Waals surface area (Å²) >= 11 is 5.54. The van der Waals surface area contributed by atoms with E-state index < -0.39 is 0 Å². The minimum Gasteiger partial charge on any atom is -0.492 e. The number of benzene rings is 1. The van der Waals surface area contributed by atoms with Crippen molar-refractivity contribution in [2.75, 3.05) is 31.0 Å². The van der Waals surface area contributed by atoms with Crippen LogP contribution in [-0.2, 0) is 9.53 Å². The third-order valence-corrected chi connectivity index (χ3v) is 2.56. The molecule has 20 heavy (non-hydrogen) atoms. The average molecular weight is 300 g/mol. The normalized spacial score (nSPS) is 10.6. The fraction of sp³-hybridized carbons (Fsp3) is 0.533. The highest BCUT2D eigenvalue weighted by Gasteiger charge is 2.03. The van der Waals surface area contributed by atoms with Crippen LogP contribution in [0.3, 0.4) is 0 Å². The van der Waals surface area contributed by atoms with E-state index in [1.807, 2.05) is 0 Å². The van der Waals surface area contributed by atoms with Gasteiger partial charge < -0.3 is 14.8 Å². The van der Waals surface area contributed by atoms with E-state index in [1.54, 1.807) is 24.3 Å². The van der Waals surface area contributed by atoms with Crippen molar-refractivity contribution in [1.82, 2.24) is 0 Å². The molecule has 0 atom stereocenters. The molecule has 0 aliphatic rings. The molecule has 1 aromatic carbocycles. The third kappa shape index (κ3) is 7.36. The molecule has 0 radical (unpaired) electrons. The molecular weight excluding hydrogens is 278 g/mol. The Hall–Kier alpha value is -1.26. The topological polar surface area (TPSA) is 47.6 Å². The summed E-state index contributed by atoms with van der Waals surface area (Å²) < 4.78 is 10.7. The van der Waals surface area contributed by atoms with E-state index >= 15 is 0 Å². The summed E-state index contributed by atoms with van der Waals surface area (Å²) in [6.45, 7) is 5.75. The van der Waals surface area contributed by atoms with Crippen LogP contribution in [0.25, 0.3) is 0 Å². The van der Waals surface area contributed by atoms with E-state index in [1.165, 1.54) is 0 Å². The molecule has 112 valence electrons. The fourth-order valence-corrected chi connectivity index (χ4v) is 1.58. The van der Waals surface area contributed by atoms with Crippen molar-refractivity contribution >= 4 is 23.2 Å². The number of anilines is 1. The number of nitrogens with one attached hydrogen (secondary N) is 1. The van der Waals surface area contributed by atoms with Crippen LogP contribution in [0, 0.1) is 5.92 Å². The highest BCUT2D eigenvalue weighted by molar-refractivity contribution is 6.18. The number of hydrogen-bond acceptors (Lipinski definition) is 3. The van der Waals surface area contributed by atoms with E-state index in [9.17, 15) is 4.79 Å². The first-order valence-corrected chi connectivity index (χ1v) is 7.31. The molecule has 0 fully saturated rings. The zero-order valence-electron chi connectivity index (χ0n) is 12.0. The zero-order valence-corrected chi connectivity index (χ0v) is 12.8. The van der Waals surface area contributed by atoms with Crippen LogP contribution in [-0.4, -0.2) is 31.6 Å². The van der Waals surface area contributed by atoms with Crippen molar-refractivity contribution in [2.24, 2.45) is 5.92 Å². The van der Waals surface area contributed by atoms with Gasteiger partial charge in [0.15, 0.2) is 0 Å². The second-order valence-electron chi connectivity index (χ2n) is 4.83. The number of rotatable bonds is 9. The van der Waals surface area contributed by atoms with Gasteiger partial charge in [-0.25, -0.2) is 0 Å². The number of alkyl halides is 1. The van der Waals surface area contributed by atoms with Crippen LogP contribution in [0.2, 0.25) is 0 Å². The molecule has 0 aliphatic carbocycles. The van der Waals surface area contributed by atoms with Gasteiger partial charge in [-0.15, -0.1) is 11.6 Å². The Balaban J connectivity index is 2.27. The van der Waals surface area contributed by atoms with E-state index in [0.29, 0.717) is 38.0 Å². The van der Waals surface area contributed by atoms with Crippen molar-refractivity contribution in [3.8, 4) is 5.75 Å². The van der Waals surface area contributed by atoms with Crippen LogP contribution >= 0.6 is 11.6 Å². The molecule has 0 aromatic heterocycles. The van der Waals surface area contributed by atoms with Gasteiger partial charge in [0.25, 0.3) is 0 Å². The largest absolute Gasteiger partial charge is 0.492 e. The Morgan fingerprint density at radius 3 is 2.55 bits per heavy atom. The summed E-state index contributed by atoms with van der Waals surface area (Å²) in [6.07, 6.45) is 0.358. The molecule has 1 aromatic rings. The third-order valence-electron chi connectivity index (χ3n) is 2.41. The first-order valence-electron chi connectivity index (χ1n) is 6.78. The predicted octanol–water partition coefficient (Wildman–Crippen LogP) is 3.31. The maximum absolute atomic E-state index is 11.7. The van der Waals surface area contributed by atoms with Crippen LogP contribution in [0.4, 0.5) is 5.69 Å². The summed E-state index contributed by atoms with van der Waals surface area (Å²) in [5, 5.41) is 2.81. The monoisotopic (exact) mass is 299 g/mol. The van der Waals surface area contributed by atoms with E-state index in [4.69, 9.17) is 21.1 Å². The van der Waals surface area contributed by atoms with Gasteiger partial charge >= 0.3 is 0 Å². The Labute approximate surface area is 125 Å². The lowest BCUT2D eigenvalue weighted by Gasteiger charge is -2.08. The summed E-state index contributed by atoms with van der Waals surface area (Å²) in [5.74, 6) is 1.63. The van der Waals surface area contributed by atoms with Gasteiger partial charge in [-0.2, -0.15) is 0 Å². The molecular formula is C15H22ClNO3. The molecule has 0 bridgehead atoms. The molecule has 1 amide bonds. The smallest absolute Gasteiger partial charge is 0.226 e. The fourth-order valence-electron chi connectivity index (χ4n) is 1.50. The SMILES string of the molecule is CC(C)COCCC(=O)Nc1ccc(OCCCl)cc1. The highest BCUT2D eigenvalue weighted by atomic mass is 35.5. The van der Waals surface area contributed by atoms with E-state index in [0.717, 1.165) is 11.4 Å². The van der Waals surface area contributed by atoms with Crippen molar-refractivity contribution in [1.29, 1.82) is 0 Å². The van der Waals surface area contributed by atoms with Crippen LogP contribution < -0.4 is 10.1 Å². The van der Waals surface area contributed by atoms with Gasteiger partial charge in [0.1, 0.15) is 12.4 Å². The van der Waals surface area contributed by atoms with Crippen LogP contribution in [0.15, 0.2) is 24.3 Å². The lowest BCUT2D eigenvalue weighted by molar-refractivity contribution is -0.117. The number of carbonyl (C=O) groups is 1. The van der Waals surface area contributed by atoms with Crippen molar-refractivity contribution in [3.05, 3.63) is 24.3 Å². The van der Waals surface area contributed by atoms with Gasteiger partial charge in [-0.05, 0) is 30.2 Å². The molecule has 0 saturated heterocycles. The Kier molecular flexibility index (Phi) is 8.07. The molecule has 0 aliphatic heterocycles. The van der Waals surface area contributed by atoms with Crippen LogP contribution in [0.5, 0.6) is 5.75 Å². The molecule has 0 unspecified atom stereocenters. The van der Waals surface area contributed by atoms with Crippen molar-refractivity contribution in [2.45, 2.75) is 20.3 Å². The quantitative estimate of drug-likeness (QED) is 0.562. The first kappa shape index (κ1) is 16.8. The van der Waals surface area contributed by atoms with E-state index in [2.05, 4.69) is 19.2 Å². The van der Waals surface area contributed by atoms with Gasteiger partial charge in [0.05, 0.1) is 18.9 Å². The Bertz CT molecular complexity index is 393. The maximum Gasteiger partial charge on any atom is 0.226 e. The number of carbonyl (C=O) groups excluding carboxylic acids is 1. The lowest BCUT2D eigenvalue weighted by atomic mass is 10.2. The summed E-state index contributed by atoms with van der Waals surface area (Å²) in [5.41, 5.74) is 0.747. The van der Waals surface area contributed by atoms with Gasteiger partial charge in [0.2, 0.25) is 5.91 Å². The predicted molar refractivity (Wildman–Crippen MR) is 81.6 cm³/mol. The molecule has 4 nitrogen and oxygen atoms in total. The number of halogens is 1. The first-order chi connectivity index (χ1) is 9.61. The summed E-state index contributed by atoms with van der Waals surface area (Å²) in [6, 6.07) is 7.21. The Morgan fingerprint density at radius 2 is 1.95 bits per heavy atom. The average Bonchev–Trinajstić information content (AvgIpc) is 2.43. The minimum absolute atomic E-state index is 0.0526. The molecule has 0 saturated carbocycles. The van der Waals surface area contributed by atoms with E-state index in [-0.39, 0.29) is 5.91 Å². The molecule has 1 rings (SSSR count). The zero-order chi connectivity index (χ0) is 14.8. The second kappa shape index (κ2) is 9.61. The number of ether oxygens (including phenoxy) is 2.